The van der Waals surface area contributed by atoms with Crippen LogP contribution >= 0.6 is 0 Å². The number of anilines is 1. The van der Waals surface area contributed by atoms with E-state index < -0.39 is 29.6 Å². The Bertz CT molecular complexity index is 1200. The zero-order valence-corrected chi connectivity index (χ0v) is 26.1. The van der Waals surface area contributed by atoms with Gasteiger partial charge < -0.3 is 30.1 Å². The average molecular weight is 592 g/mol. The lowest BCUT2D eigenvalue weighted by atomic mass is 9.74. The summed E-state index contributed by atoms with van der Waals surface area (Å²) in [6, 6.07) is 7.23. The quantitative estimate of drug-likeness (QED) is 0.406. The molecule has 1 aromatic rings. The number of hydrogen-bond donors (Lipinski definition) is 2. The van der Waals surface area contributed by atoms with Gasteiger partial charge in [-0.15, -0.1) is 0 Å². The summed E-state index contributed by atoms with van der Waals surface area (Å²) < 4.78 is 6.54. The summed E-state index contributed by atoms with van der Waals surface area (Å²) in [5, 5.41) is 6.34. The molecule has 2 N–H and O–H groups in total. The second kappa shape index (κ2) is 12.7. The number of fused-ring (bicyclic) bond motifs is 1. The zero-order chi connectivity index (χ0) is 30.1. The monoisotopic (exact) mass is 591 g/mol. The molecule has 1 spiro atoms. The molecule has 3 unspecified atom stereocenters. The number of likely N-dealkylation sites (N-methyl/N-ethyl adjacent to an activating group) is 1. The highest BCUT2D eigenvalue weighted by Crippen LogP contribution is 2.55. The summed E-state index contributed by atoms with van der Waals surface area (Å²) in [7, 11) is 0. The summed E-state index contributed by atoms with van der Waals surface area (Å²) in [6.45, 7) is 13.1. The minimum Gasteiger partial charge on any atom is -0.359 e. The first kappa shape index (κ1) is 30.3. The van der Waals surface area contributed by atoms with Crippen LogP contribution in [0, 0.1) is 11.8 Å². The molecule has 2 bridgehead atoms. The number of hydrogen-bond acceptors (Lipinski definition) is 6. The Kier molecular flexibility index (Phi) is 8.94. The van der Waals surface area contributed by atoms with E-state index in [4.69, 9.17) is 4.74 Å². The fourth-order valence-electron chi connectivity index (χ4n) is 8.01. The number of nitrogens with zero attached hydrogens (tertiary/aromatic N) is 3. The van der Waals surface area contributed by atoms with E-state index in [1.165, 1.54) is 12.0 Å². The van der Waals surface area contributed by atoms with Crippen LogP contribution < -0.4 is 10.6 Å². The van der Waals surface area contributed by atoms with Crippen LogP contribution in [0.25, 0.3) is 0 Å². The van der Waals surface area contributed by atoms with Crippen molar-refractivity contribution in [2.24, 2.45) is 11.8 Å². The highest BCUT2D eigenvalue weighted by Gasteiger charge is 2.72. The van der Waals surface area contributed by atoms with Gasteiger partial charge in [-0.25, -0.2) is 0 Å². The van der Waals surface area contributed by atoms with Gasteiger partial charge in [-0.3, -0.25) is 14.4 Å². The van der Waals surface area contributed by atoms with Crippen molar-refractivity contribution in [3.05, 3.63) is 42.0 Å². The Balaban J connectivity index is 1.20. The third-order valence-corrected chi connectivity index (χ3v) is 10.5. The summed E-state index contributed by atoms with van der Waals surface area (Å²) in [4.78, 5) is 48.7. The van der Waals surface area contributed by atoms with Crippen molar-refractivity contribution in [3.63, 3.8) is 0 Å². The van der Waals surface area contributed by atoms with Crippen molar-refractivity contribution in [1.82, 2.24) is 20.0 Å². The van der Waals surface area contributed by atoms with Crippen molar-refractivity contribution >= 4 is 23.4 Å². The van der Waals surface area contributed by atoms with Gasteiger partial charge in [0.15, 0.2) is 0 Å². The van der Waals surface area contributed by atoms with Crippen LogP contribution in [0.15, 0.2) is 36.4 Å². The van der Waals surface area contributed by atoms with Crippen LogP contribution in [0.5, 0.6) is 0 Å². The van der Waals surface area contributed by atoms with Crippen LogP contribution in [0.3, 0.4) is 0 Å². The van der Waals surface area contributed by atoms with Gasteiger partial charge in [0.1, 0.15) is 11.6 Å². The van der Waals surface area contributed by atoms with Gasteiger partial charge in [0.25, 0.3) is 0 Å². The number of carbonyl (C=O) groups excluding carboxylic acids is 3. The Morgan fingerprint density at radius 1 is 0.977 bits per heavy atom. The largest absolute Gasteiger partial charge is 0.359 e. The van der Waals surface area contributed by atoms with Crippen LogP contribution in [-0.4, -0.2) is 102 Å². The van der Waals surface area contributed by atoms with Gasteiger partial charge in [0.05, 0.1) is 17.9 Å². The smallest absolute Gasteiger partial charge is 0.246 e. The standard InChI is InChI=1S/C34H49N5O4/c1-4-37-19-21-38(22-20-37)17-8-18-39-30(32(41)36-25-9-6-5-7-10-25)34-16-15-27(43-34)28(29(34)33(39)42)31(40)35-26-13-11-24(12-14-26)23(2)3/h11-16,23,25,27-30H,4-10,17-22H2,1-3H3,(H,35,40)(H,36,41)/t27-,28?,29-,30?,34?/m0/s1. The topological polar surface area (TPSA) is 94.2 Å². The second-order valence-corrected chi connectivity index (χ2v) is 13.5. The molecule has 0 aromatic heterocycles. The van der Waals surface area contributed by atoms with Crippen LogP contribution in [0.1, 0.15) is 70.8 Å². The fraction of sp³-hybridized carbons (Fsp3) is 0.676. The molecule has 1 aromatic carbocycles. The minimum atomic E-state index is -1.11. The Morgan fingerprint density at radius 2 is 1.67 bits per heavy atom. The molecule has 5 atom stereocenters. The third kappa shape index (κ3) is 5.88. The summed E-state index contributed by atoms with van der Waals surface area (Å²) in [6.07, 6.45) is 9.41. The number of carbonyl (C=O) groups is 3. The van der Waals surface area contributed by atoms with Crippen molar-refractivity contribution < 1.29 is 19.1 Å². The van der Waals surface area contributed by atoms with Crippen molar-refractivity contribution in [3.8, 4) is 0 Å². The van der Waals surface area contributed by atoms with Crippen molar-refractivity contribution in [2.75, 3.05) is 51.1 Å². The summed E-state index contributed by atoms with van der Waals surface area (Å²) in [5.41, 5.74) is 0.785. The number of ether oxygens (including phenoxy) is 1. The number of likely N-dealkylation sites (tertiary alicyclic amines) is 1. The molecule has 0 radical (unpaired) electrons. The molecule has 1 saturated carbocycles. The molecule has 9 nitrogen and oxygen atoms in total. The molecule has 5 aliphatic rings. The molecular weight excluding hydrogens is 542 g/mol. The molecule has 43 heavy (non-hydrogen) atoms. The van der Waals surface area contributed by atoms with Gasteiger partial charge in [-0.2, -0.15) is 0 Å². The molecule has 234 valence electrons. The lowest BCUT2D eigenvalue weighted by Gasteiger charge is -2.36. The molecule has 3 amide bonds. The van der Waals surface area contributed by atoms with Crippen LogP contribution in [0.2, 0.25) is 0 Å². The molecule has 4 heterocycles. The van der Waals surface area contributed by atoms with Gasteiger partial charge in [0.2, 0.25) is 17.7 Å². The van der Waals surface area contributed by atoms with E-state index in [-0.39, 0.29) is 23.8 Å². The zero-order valence-electron chi connectivity index (χ0n) is 26.1. The molecule has 4 aliphatic heterocycles. The molecule has 3 saturated heterocycles. The van der Waals surface area contributed by atoms with E-state index in [1.54, 1.807) is 4.90 Å². The number of nitrogens with one attached hydrogen (secondary N) is 2. The maximum Gasteiger partial charge on any atom is 0.246 e. The van der Waals surface area contributed by atoms with Crippen LogP contribution in [-0.2, 0) is 19.1 Å². The van der Waals surface area contributed by atoms with Gasteiger partial charge in [-0.05, 0) is 56.0 Å². The highest BCUT2D eigenvalue weighted by molar-refractivity contribution is 6.02. The maximum absolute atomic E-state index is 14.3. The van der Waals surface area contributed by atoms with E-state index in [0.29, 0.717) is 18.2 Å². The predicted molar refractivity (Wildman–Crippen MR) is 167 cm³/mol. The Labute approximate surface area is 256 Å². The minimum absolute atomic E-state index is 0.124. The normalized spacial score (nSPS) is 31.2. The van der Waals surface area contributed by atoms with Gasteiger partial charge in [-0.1, -0.05) is 64.3 Å². The van der Waals surface area contributed by atoms with E-state index in [0.717, 1.165) is 71.4 Å². The Morgan fingerprint density at radius 3 is 2.35 bits per heavy atom. The SMILES string of the molecule is CCN1CCN(CCCN2C(=O)[C@@H]3C(C(=O)Nc4ccc(C(C)C)cc4)[C@@H]4C=CC3(O4)C2C(=O)NC2CCCCC2)CC1. The third-order valence-electron chi connectivity index (χ3n) is 10.5. The van der Waals surface area contributed by atoms with Crippen molar-refractivity contribution in [1.29, 1.82) is 0 Å². The first-order valence-corrected chi connectivity index (χ1v) is 16.6. The van der Waals surface area contributed by atoms with E-state index in [2.05, 4.69) is 41.2 Å². The number of piperazine rings is 1. The van der Waals surface area contributed by atoms with Crippen molar-refractivity contribution in [2.45, 2.75) is 89.0 Å². The fourth-order valence-corrected chi connectivity index (χ4v) is 8.01. The van der Waals surface area contributed by atoms with Crippen LogP contribution in [0.4, 0.5) is 5.69 Å². The molecule has 4 fully saturated rings. The van der Waals surface area contributed by atoms with Gasteiger partial charge >= 0.3 is 0 Å². The average Bonchev–Trinajstić information content (AvgIpc) is 3.65. The van der Waals surface area contributed by atoms with E-state index >= 15 is 0 Å². The molecule has 9 heteroatoms. The molecule has 1 aliphatic carbocycles. The predicted octanol–water partition coefficient (Wildman–Crippen LogP) is 3.38. The number of amides is 3. The van der Waals surface area contributed by atoms with E-state index in [9.17, 15) is 14.4 Å². The number of rotatable bonds is 10. The number of benzene rings is 1. The first-order valence-electron chi connectivity index (χ1n) is 16.6. The van der Waals surface area contributed by atoms with E-state index in [1.807, 2.05) is 36.4 Å². The van der Waals surface area contributed by atoms with Gasteiger partial charge in [0, 0.05) is 44.5 Å². The Hall–Kier alpha value is -2.75. The first-order chi connectivity index (χ1) is 20.8. The second-order valence-electron chi connectivity index (χ2n) is 13.5. The highest BCUT2D eigenvalue weighted by atomic mass is 16.5. The molecular formula is C34H49N5O4. The summed E-state index contributed by atoms with van der Waals surface area (Å²) >= 11 is 0. The summed E-state index contributed by atoms with van der Waals surface area (Å²) in [5.74, 6) is -1.51. The molecule has 6 rings (SSSR count). The lowest BCUT2D eigenvalue weighted by molar-refractivity contribution is -0.141. The lowest BCUT2D eigenvalue weighted by Crippen LogP contribution is -2.56. The maximum atomic E-state index is 14.3.